The Morgan fingerprint density at radius 2 is 0.807 bits per heavy atom. The molecule has 0 amide bonds. The molecule has 0 saturated heterocycles. The Kier molecular flexibility index (Phi) is 7.93. The Labute approximate surface area is 332 Å². The number of hydrogen-bond donors (Lipinski definition) is 0. The van der Waals surface area contributed by atoms with Crippen molar-refractivity contribution >= 4 is 43.6 Å². The molecule has 0 aliphatic rings. The van der Waals surface area contributed by atoms with Gasteiger partial charge in [0.25, 0.3) is 0 Å². The fourth-order valence-electron chi connectivity index (χ4n) is 9.08. The molecule has 0 bridgehead atoms. The van der Waals surface area contributed by atoms with Gasteiger partial charge in [0.2, 0.25) is 0 Å². The van der Waals surface area contributed by atoms with Crippen LogP contribution in [0.4, 0.5) is 0 Å². The van der Waals surface area contributed by atoms with E-state index in [1.807, 2.05) is 0 Å². The van der Waals surface area contributed by atoms with Gasteiger partial charge in [-0.25, -0.2) is 0 Å². The van der Waals surface area contributed by atoms with E-state index >= 15 is 0 Å². The van der Waals surface area contributed by atoms with Crippen molar-refractivity contribution in [3.63, 3.8) is 0 Å². The zero-order chi connectivity index (χ0) is 37.7. The van der Waals surface area contributed by atoms with Gasteiger partial charge >= 0.3 is 0 Å². The van der Waals surface area contributed by atoms with Gasteiger partial charge in [-0.15, -0.1) is 0 Å². The first kappa shape index (κ1) is 33.0. The average Bonchev–Trinajstić information content (AvgIpc) is 3.79. The number of rotatable bonds is 7. The molecule has 0 saturated carbocycles. The van der Waals surface area contributed by atoms with Crippen molar-refractivity contribution < 1.29 is 0 Å². The highest BCUT2D eigenvalue weighted by atomic mass is 15.0. The van der Waals surface area contributed by atoms with Crippen LogP contribution in [-0.2, 0) is 6.54 Å². The maximum Gasteiger partial charge on any atom is 0.0547 e. The Morgan fingerprint density at radius 1 is 0.298 bits per heavy atom. The summed E-state index contributed by atoms with van der Waals surface area (Å²) in [5.41, 5.74) is 17.2. The van der Waals surface area contributed by atoms with E-state index < -0.39 is 0 Å². The highest BCUT2D eigenvalue weighted by Crippen LogP contribution is 2.41. The first-order chi connectivity index (χ1) is 28.3. The third-order valence-electron chi connectivity index (χ3n) is 11.7. The Bertz CT molecular complexity index is 3240. The third-order valence-corrected chi connectivity index (χ3v) is 11.7. The second-order valence-corrected chi connectivity index (χ2v) is 14.9. The largest absolute Gasteiger partial charge is 0.336 e. The van der Waals surface area contributed by atoms with E-state index in [1.165, 1.54) is 93.7 Å². The molecule has 0 fully saturated rings. The number of benzene rings is 9. The van der Waals surface area contributed by atoms with Gasteiger partial charge in [-0.3, -0.25) is 0 Å². The molecule has 0 N–H and O–H groups in total. The summed E-state index contributed by atoms with van der Waals surface area (Å²) >= 11 is 0. The van der Waals surface area contributed by atoms with Crippen LogP contribution in [0.3, 0.4) is 0 Å². The number of nitrogens with zero attached hydrogens (tertiary/aromatic N) is 2. The molecule has 268 valence electrons. The SMILES string of the molecule is c1ccc(-c2cccc(-c3cccc(-c4ccccc4)c3Cn3c4ccccc4c4cc(-n5c6ccccc6c6c(-c7ccccc7)cccc65)ccc43)c2)cc1. The van der Waals surface area contributed by atoms with E-state index in [0.717, 1.165) is 12.2 Å². The minimum atomic E-state index is 0.717. The Hall–Kier alpha value is -7.42. The van der Waals surface area contributed by atoms with Crippen LogP contribution >= 0.6 is 0 Å². The summed E-state index contributed by atoms with van der Waals surface area (Å²) in [6, 6.07) is 79.6. The molecule has 0 atom stereocenters. The molecule has 11 aromatic rings. The molecule has 0 aliphatic carbocycles. The molecular weight excluding hydrogens is 689 g/mol. The molecule has 57 heavy (non-hydrogen) atoms. The predicted octanol–water partition coefficient (Wildman–Crippen LogP) is 14.6. The first-order valence-corrected chi connectivity index (χ1v) is 19.7. The van der Waals surface area contributed by atoms with Crippen molar-refractivity contribution in [3.05, 3.63) is 224 Å². The smallest absolute Gasteiger partial charge is 0.0547 e. The van der Waals surface area contributed by atoms with Crippen molar-refractivity contribution in [2.45, 2.75) is 6.54 Å². The van der Waals surface area contributed by atoms with Crippen LogP contribution in [0.2, 0.25) is 0 Å². The maximum absolute atomic E-state index is 2.53. The lowest BCUT2D eigenvalue weighted by molar-refractivity contribution is 0.872. The van der Waals surface area contributed by atoms with Crippen LogP contribution in [0.1, 0.15) is 5.56 Å². The third kappa shape index (κ3) is 5.57. The van der Waals surface area contributed by atoms with E-state index in [-0.39, 0.29) is 0 Å². The van der Waals surface area contributed by atoms with Gasteiger partial charge in [-0.1, -0.05) is 176 Å². The van der Waals surface area contributed by atoms with E-state index in [9.17, 15) is 0 Å². The molecule has 2 heterocycles. The van der Waals surface area contributed by atoms with Gasteiger partial charge in [-0.2, -0.15) is 0 Å². The van der Waals surface area contributed by atoms with Crippen LogP contribution in [0.5, 0.6) is 0 Å². The number of aromatic nitrogens is 2. The Balaban J connectivity index is 1.11. The van der Waals surface area contributed by atoms with Crippen LogP contribution in [0, 0.1) is 0 Å². The summed E-state index contributed by atoms with van der Waals surface area (Å²) < 4.78 is 4.98. The van der Waals surface area contributed by atoms with E-state index in [0.29, 0.717) is 0 Å². The van der Waals surface area contributed by atoms with Gasteiger partial charge in [0.1, 0.15) is 0 Å². The molecule has 9 aromatic carbocycles. The van der Waals surface area contributed by atoms with Crippen LogP contribution in [0.25, 0.3) is 93.8 Å². The molecule has 2 heteroatoms. The molecule has 0 radical (unpaired) electrons. The summed E-state index contributed by atoms with van der Waals surface area (Å²) in [6.45, 7) is 0.717. The van der Waals surface area contributed by atoms with Gasteiger partial charge in [0, 0.05) is 44.8 Å². The molecular formula is C55H38N2. The minimum absolute atomic E-state index is 0.717. The average molecular weight is 727 g/mol. The lowest BCUT2D eigenvalue weighted by Crippen LogP contribution is -2.04. The van der Waals surface area contributed by atoms with E-state index in [4.69, 9.17) is 0 Å². The van der Waals surface area contributed by atoms with Gasteiger partial charge in [-0.05, 0) is 92.5 Å². The fraction of sp³-hybridized carbons (Fsp3) is 0.0182. The second kappa shape index (κ2) is 13.7. The Morgan fingerprint density at radius 3 is 1.56 bits per heavy atom. The van der Waals surface area contributed by atoms with Crippen molar-refractivity contribution in [2.24, 2.45) is 0 Å². The van der Waals surface area contributed by atoms with Crippen LogP contribution in [0.15, 0.2) is 218 Å². The first-order valence-electron chi connectivity index (χ1n) is 19.7. The number of para-hydroxylation sites is 2. The lowest BCUT2D eigenvalue weighted by atomic mass is 9.90. The quantitative estimate of drug-likeness (QED) is 0.155. The van der Waals surface area contributed by atoms with Gasteiger partial charge in [0.15, 0.2) is 0 Å². The molecule has 11 rings (SSSR count). The summed E-state index contributed by atoms with van der Waals surface area (Å²) in [4.78, 5) is 0. The van der Waals surface area contributed by atoms with Crippen molar-refractivity contribution in [3.8, 4) is 50.2 Å². The molecule has 2 aromatic heterocycles. The predicted molar refractivity (Wildman–Crippen MR) is 241 cm³/mol. The lowest BCUT2D eigenvalue weighted by Gasteiger charge is -2.18. The standard InChI is InChI=1S/C55H38N2/c1-4-17-38(18-5-1)41-23-14-24-42(35-41)45-28-15-27-44(39-19-6-2-7-20-39)50(45)37-56-51-30-12-10-25-47(51)49-36-43(33-34-52(49)56)57-53-31-13-11-26-48(53)55-46(29-16-32-54(55)57)40-21-8-3-9-22-40/h1-36H,37H2. The second-order valence-electron chi connectivity index (χ2n) is 14.9. The highest BCUT2D eigenvalue weighted by Gasteiger charge is 2.20. The fourth-order valence-corrected chi connectivity index (χ4v) is 9.08. The summed E-state index contributed by atoms with van der Waals surface area (Å²) in [5, 5.41) is 5.04. The minimum Gasteiger partial charge on any atom is -0.336 e. The maximum atomic E-state index is 2.53. The topological polar surface area (TPSA) is 9.86 Å². The molecule has 0 unspecified atom stereocenters. The number of fused-ring (bicyclic) bond motifs is 6. The normalized spacial score (nSPS) is 11.6. The molecule has 2 nitrogen and oxygen atoms in total. The summed E-state index contributed by atoms with van der Waals surface area (Å²) in [7, 11) is 0. The van der Waals surface area contributed by atoms with Crippen molar-refractivity contribution in [2.75, 3.05) is 0 Å². The molecule has 0 spiro atoms. The van der Waals surface area contributed by atoms with E-state index in [1.54, 1.807) is 0 Å². The van der Waals surface area contributed by atoms with Crippen LogP contribution < -0.4 is 0 Å². The zero-order valence-electron chi connectivity index (χ0n) is 31.4. The van der Waals surface area contributed by atoms with Gasteiger partial charge in [0.05, 0.1) is 11.0 Å². The summed E-state index contributed by atoms with van der Waals surface area (Å²) in [5.74, 6) is 0. The monoisotopic (exact) mass is 726 g/mol. The summed E-state index contributed by atoms with van der Waals surface area (Å²) in [6.07, 6.45) is 0. The van der Waals surface area contributed by atoms with Crippen molar-refractivity contribution in [1.82, 2.24) is 9.13 Å². The number of hydrogen-bond acceptors (Lipinski definition) is 0. The van der Waals surface area contributed by atoms with E-state index in [2.05, 4.69) is 228 Å². The highest BCUT2D eigenvalue weighted by molar-refractivity contribution is 6.16. The van der Waals surface area contributed by atoms with Crippen molar-refractivity contribution in [1.29, 1.82) is 0 Å². The van der Waals surface area contributed by atoms with Crippen LogP contribution in [-0.4, -0.2) is 9.13 Å². The molecule has 0 aliphatic heterocycles. The van der Waals surface area contributed by atoms with Gasteiger partial charge < -0.3 is 9.13 Å². The zero-order valence-corrected chi connectivity index (χ0v) is 31.4.